The zero-order valence-electron chi connectivity index (χ0n) is 11.2. The number of aromatic nitrogens is 1. The molecule has 2 N–H and O–H groups in total. The van der Waals surface area contributed by atoms with Crippen LogP contribution < -0.4 is 10.5 Å². The van der Waals surface area contributed by atoms with E-state index in [2.05, 4.69) is 4.98 Å². The van der Waals surface area contributed by atoms with E-state index in [-0.39, 0.29) is 11.5 Å². The van der Waals surface area contributed by atoms with Crippen LogP contribution in [-0.4, -0.2) is 29.7 Å². The highest BCUT2D eigenvalue weighted by Crippen LogP contribution is 2.27. The molecule has 2 rings (SSSR count). The number of carbonyl (C=O) groups excluding carboxylic acids is 1. The van der Waals surface area contributed by atoms with Gasteiger partial charge in [0.05, 0.1) is 17.7 Å². The minimum atomic E-state index is -0.368. The molecule has 0 spiro atoms. The Balaban J connectivity index is 1.90. The second-order valence-corrected chi connectivity index (χ2v) is 4.96. The molecule has 0 saturated heterocycles. The van der Waals surface area contributed by atoms with Crippen molar-refractivity contribution in [2.45, 2.75) is 38.1 Å². The van der Waals surface area contributed by atoms with E-state index in [1.807, 2.05) is 0 Å². The molecule has 0 unspecified atom stereocenters. The average Bonchev–Trinajstić information content (AvgIpc) is 2.85. The Morgan fingerprint density at radius 2 is 2.16 bits per heavy atom. The molecule has 0 bridgehead atoms. The van der Waals surface area contributed by atoms with E-state index < -0.39 is 0 Å². The van der Waals surface area contributed by atoms with Gasteiger partial charge in [-0.2, -0.15) is 0 Å². The zero-order chi connectivity index (χ0) is 13.7. The SMILES string of the molecule is CCOC(=O)c1ccc(OCC2(N)CCCC2)nc1. The first-order valence-corrected chi connectivity index (χ1v) is 6.68. The number of esters is 1. The van der Waals surface area contributed by atoms with E-state index in [1.165, 1.54) is 6.20 Å². The Labute approximate surface area is 113 Å². The highest BCUT2D eigenvalue weighted by atomic mass is 16.5. The molecule has 19 heavy (non-hydrogen) atoms. The van der Waals surface area contributed by atoms with Crippen LogP contribution in [0.25, 0.3) is 0 Å². The zero-order valence-corrected chi connectivity index (χ0v) is 11.2. The predicted octanol–water partition coefficient (Wildman–Crippen LogP) is 1.91. The number of hydrogen-bond acceptors (Lipinski definition) is 5. The van der Waals surface area contributed by atoms with Gasteiger partial charge in [0.15, 0.2) is 0 Å². The Kier molecular flexibility index (Phi) is 4.37. The summed E-state index contributed by atoms with van der Waals surface area (Å²) in [7, 11) is 0. The number of carbonyl (C=O) groups is 1. The molecule has 5 heteroatoms. The molecule has 0 aliphatic heterocycles. The molecule has 1 aromatic heterocycles. The molecule has 0 radical (unpaired) electrons. The van der Waals surface area contributed by atoms with Gasteiger partial charge in [0.25, 0.3) is 0 Å². The molecular weight excluding hydrogens is 244 g/mol. The topological polar surface area (TPSA) is 74.4 Å². The van der Waals surface area contributed by atoms with Crippen LogP contribution >= 0.6 is 0 Å². The van der Waals surface area contributed by atoms with Crippen molar-refractivity contribution in [3.63, 3.8) is 0 Å². The third-order valence-corrected chi connectivity index (χ3v) is 3.35. The predicted molar refractivity (Wildman–Crippen MR) is 71.1 cm³/mol. The van der Waals surface area contributed by atoms with Gasteiger partial charge in [-0.3, -0.25) is 0 Å². The van der Waals surface area contributed by atoms with Crippen LogP contribution in [0.3, 0.4) is 0 Å². The number of nitrogens with zero attached hydrogens (tertiary/aromatic N) is 1. The lowest BCUT2D eigenvalue weighted by atomic mass is 10.0. The van der Waals surface area contributed by atoms with Gasteiger partial charge in [-0.15, -0.1) is 0 Å². The maximum absolute atomic E-state index is 11.5. The third-order valence-electron chi connectivity index (χ3n) is 3.35. The summed E-state index contributed by atoms with van der Waals surface area (Å²) in [4.78, 5) is 15.5. The Morgan fingerprint density at radius 3 is 2.74 bits per heavy atom. The van der Waals surface area contributed by atoms with Crippen molar-refractivity contribution in [3.05, 3.63) is 23.9 Å². The summed E-state index contributed by atoms with van der Waals surface area (Å²) in [6.45, 7) is 2.59. The fourth-order valence-corrected chi connectivity index (χ4v) is 2.24. The maximum Gasteiger partial charge on any atom is 0.339 e. The van der Waals surface area contributed by atoms with Gasteiger partial charge >= 0.3 is 5.97 Å². The Bertz CT molecular complexity index is 425. The molecule has 1 aliphatic carbocycles. The monoisotopic (exact) mass is 264 g/mol. The lowest BCUT2D eigenvalue weighted by Crippen LogP contribution is -2.42. The molecule has 5 nitrogen and oxygen atoms in total. The van der Waals surface area contributed by atoms with Gasteiger partial charge in [-0.05, 0) is 25.8 Å². The summed E-state index contributed by atoms with van der Waals surface area (Å²) in [5, 5.41) is 0. The van der Waals surface area contributed by atoms with Crippen LogP contribution in [0, 0.1) is 0 Å². The third kappa shape index (κ3) is 3.67. The quantitative estimate of drug-likeness (QED) is 0.822. The first-order valence-electron chi connectivity index (χ1n) is 6.68. The number of rotatable bonds is 5. The van der Waals surface area contributed by atoms with Crippen LogP contribution in [0.1, 0.15) is 43.0 Å². The molecular formula is C14H20N2O3. The van der Waals surface area contributed by atoms with Gasteiger partial charge in [0.1, 0.15) is 6.61 Å². The van der Waals surface area contributed by atoms with Gasteiger partial charge < -0.3 is 15.2 Å². The number of nitrogens with two attached hydrogens (primary N) is 1. The number of hydrogen-bond donors (Lipinski definition) is 1. The van der Waals surface area contributed by atoms with E-state index in [4.69, 9.17) is 15.2 Å². The van der Waals surface area contributed by atoms with E-state index >= 15 is 0 Å². The summed E-state index contributed by atoms with van der Waals surface area (Å²) >= 11 is 0. The molecule has 0 aromatic carbocycles. The van der Waals surface area contributed by atoms with Crippen molar-refractivity contribution in [1.29, 1.82) is 0 Å². The Morgan fingerprint density at radius 1 is 1.42 bits per heavy atom. The van der Waals surface area contributed by atoms with Crippen molar-refractivity contribution in [1.82, 2.24) is 4.98 Å². The molecule has 1 fully saturated rings. The molecule has 1 saturated carbocycles. The fraction of sp³-hybridized carbons (Fsp3) is 0.571. The van der Waals surface area contributed by atoms with E-state index in [9.17, 15) is 4.79 Å². The van der Waals surface area contributed by atoms with Crippen LogP contribution in [0.4, 0.5) is 0 Å². The first kappa shape index (κ1) is 13.8. The van der Waals surface area contributed by atoms with Crippen molar-refractivity contribution >= 4 is 5.97 Å². The highest BCUT2D eigenvalue weighted by Gasteiger charge is 2.30. The summed E-state index contributed by atoms with van der Waals surface area (Å²) in [6.07, 6.45) is 5.77. The lowest BCUT2D eigenvalue weighted by Gasteiger charge is -2.23. The van der Waals surface area contributed by atoms with Crippen molar-refractivity contribution in [2.24, 2.45) is 5.73 Å². The van der Waals surface area contributed by atoms with Gasteiger partial charge in [0.2, 0.25) is 5.88 Å². The van der Waals surface area contributed by atoms with Crippen molar-refractivity contribution in [2.75, 3.05) is 13.2 Å². The van der Waals surface area contributed by atoms with Gasteiger partial charge in [-0.1, -0.05) is 12.8 Å². The highest BCUT2D eigenvalue weighted by molar-refractivity contribution is 5.89. The minimum absolute atomic E-state index is 0.221. The van der Waals surface area contributed by atoms with Gasteiger partial charge in [-0.25, -0.2) is 9.78 Å². The van der Waals surface area contributed by atoms with Crippen LogP contribution in [-0.2, 0) is 4.74 Å². The average molecular weight is 264 g/mol. The second kappa shape index (κ2) is 6.02. The van der Waals surface area contributed by atoms with E-state index in [0.29, 0.717) is 24.7 Å². The Hall–Kier alpha value is -1.62. The standard InChI is InChI=1S/C14H20N2O3/c1-2-18-13(17)11-5-6-12(16-9-11)19-10-14(15)7-3-4-8-14/h5-6,9H,2-4,7-8,10,15H2,1H3. The van der Waals surface area contributed by atoms with Crippen LogP contribution in [0.2, 0.25) is 0 Å². The molecule has 1 aromatic rings. The molecule has 1 heterocycles. The smallest absolute Gasteiger partial charge is 0.339 e. The van der Waals surface area contributed by atoms with Crippen LogP contribution in [0.15, 0.2) is 18.3 Å². The summed E-state index contributed by atoms with van der Waals surface area (Å²) in [6, 6.07) is 3.32. The number of ether oxygens (including phenoxy) is 2. The second-order valence-electron chi connectivity index (χ2n) is 4.96. The van der Waals surface area contributed by atoms with Crippen molar-refractivity contribution < 1.29 is 14.3 Å². The number of pyridine rings is 1. The minimum Gasteiger partial charge on any atom is -0.476 e. The molecule has 104 valence electrons. The maximum atomic E-state index is 11.5. The van der Waals surface area contributed by atoms with Crippen LogP contribution in [0.5, 0.6) is 5.88 Å². The summed E-state index contributed by atoms with van der Waals surface area (Å²) in [5.41, 5.74) is 6.41. The summed E-state index contributed by atoms with van der Waals surface area (Å²) in [5.74, 6) is 0.123. The largest absolute Gasteiger partial charge is 0.476 e. The first-order chi connectivity index (χ1) is 9.13. The fourth-order valence-electron chi connectivity index (χ4n) is 2.24. The normalized spacial score (nSPS) is 17.2. The van der Waals surface area contributed by atoms with Gasteiger partial charge in [0, 0.05) is 12.3 Å². The molecule has 0 atom stereocenters. The lowest BCUT2D eigenvalue weighted by molar-refractivity contribution is 0.0525. The van der Waals surface area contributed by atoms with E-state index in [1.54, 1.807) is 19.1 Å². The summed E-state index contributed by atoms with van der Waals surface area (Å²) < 4.78 is 10.5. The molecule has 0 amide bonds. The van der Waals surface area contributed by atoms with E-state index in [0.717, 1.165) is 25.7 Å². The van der Waals surface area contributed by atoms with Crippen molar-refractivity contribution in [3.8, 4) is 5.88 Å². The molecule has 1 aliphatic rings.